The number of nitrogens with one attached hydrogen (secondary N) is 2. The van der Waals surface area contributed by atoms with Gasteiger partial charge in [0, 0.05) is 8.95 Å². The summed E-state index contributed by atoms with van der Waals surface area (Å²) in [5.41, 5.74) is 4.78. The van der Waals surface area contributed by atoms with Crippen LogP contribution in [-0.4, -0.2) is 36.4 Å². The van der Waals surface area contributed by atoms with Gasteiger partial charge in [0.1, 0.15) is 6.61 Å². The molecule has 0 saturated carbocycles. The van der Waals surface area contributed by atoms with Crippen molar-refractivity contribution in [3.63, 3.8) is 0 Å². The van der Waals surface area contributed by atoms with Crippen molar-refractivity contribution in [2.45, 2.75) is 0 Å². The molecule has 0 aliphatic rings. The first-order chi connectivity index (χ1) is 9.81. The van der Waals surface area contributed by atoms with Crippen molar-refractivity contribution in [2.75, 3.05) is 18.5 Å². The molecule has 0 spiro atoms. The number of aromatic carboxylic acids is 1. The van der Waals surface area contributed by atoms with Gasteiger partial charge in [-0.05, 0) is 28.1 Å². The Morgan fingerprint density at radius 2 is 1.95 bits per heavy atom. The number of urea groups is 1. The summed E-state index contributed by atoms with van der Waals surface area (Å²) in [6, 6.07) is 2.31. The van der Waals surface area contributed by atoms with E-state index in [1.807, 2.05) is 0 Å². The van der Waals surface area contributed by atoms with Gasteiger partial charge >= 0.3 is 18.1 Å². The van der Waals surface area contributed by atoms with E-state index in [-0.39, 0.29) is 24.4 Å². The fourth-order valence-corrected chi connectivity index (χ4v) is 2.67. The molecule has 0 fully saturated rings. The third-order valence-electron chi connectivity index (χ3n) is 2.16. The number of carboxylic acids is 1. The Bertz CT molecular complexity index is 579. The highest BCUT2D eigenvalue weighted by atomic mass is 79.9. The second-order valence-corrected chi connectivity index (χ2v) is 5.43. The highest BCUT2D eigenvalue weighted by Gasteiger charge is 2.16. The first-order valence-electron chi connectivity index (χ1n) is 5.50. The van der Waals surface area contributed by atoms with E-state index in [1.54, 1.807) is 6.07 Å². The average molecular weight is 425 g/mol. The molecule has 8 nitrogen and oxygen atoms in total. The van der Waals surface area contributed by atoms with Crippen LogP contribution in [-0.2, 0) is 4.74 Å². The van der Waals surface area contributed by atoms with Crippen molar-refractivity contribution in [2.24, 2.45) is 5.73 Å². The standard InChI is InChI=1S/C11H11Br2N3O5/c12-5-3-6(9(17)18)8(7(13)4-5)16-11(20)15-1-2-21-10(14)19/h3-4H,1-2H2,(H2,14,19)(H,17,18)(H2,15,16,20). The molecule has 1 rings (SSSR count). The highest BCUT2D eigenvalue weighted by Crippen LogP contribution is 2.30. The van der Waals surface area contributed by atoms with E-state index in [4.69, 9.17) is 10.8 Å². The van der Waals surface area contributed by atoms with Crippen molar-refractivity contribution in [3.8, 4) is 0 Å². The Balaban J connectivity index is 2.72. The molecule has 21 heavy (non-hydrogen) atoms. The van der Waals surface area contributed by atoms with Gasteiger partial charge in [0.15, 0.2) is 0 Å². The van der Waals surface area contributed by atoms with Crippen LogP contribution in [0.3, 0.4) is 0 Å². The van der Waals surface area contributed by atoms with Crippen LogP contribution >= 0.6 is 31.9 Å². The normalized spacial score (nSPS) is 9.81. The van der Waals surface area contributed by atoms with Gasteiger partial charge in [-0.2, -0.15) is 0 Å². The maximum atomic E-state index is 11.6. The van der Waals surface area contributed by atoms with Gasteiger partial charge < -0.3 is 26.2 Å². The van der Waals surface area contributed by atoms with Gasteiger partial charge in [0.2, 0.25) is 0 Å². The zero-order valence-electron chi connectivity index (χ0n) is 10.5. The number of carbonyl (C=O) groups excluding carboxylic acids is 2. The molecule has 114 valence electrons. The summed E-state index contributed by atoms with van der Waals surface area (Å²) >= 11 is 6.34. The number of anilines is 1. The largest absolute Gasteiger partial charge is 0.478 e. The molecule has 0 unspecified atom stereocenters. The van der Waals surface area contributed by atoms with Gasteiger partial charge in [0.25, 0.3) is 0 Å². The predicted molar refractivity (Wildman–Crippen MR) is 81.4 cm³/mol. The maximum absolute atomic E-state index is 11.6. The molecule has 0 radical (unpaired) electrons. The summed E-state index contributed by atoms with van der Waals surface area (Å²) in [7, 11) is 0. The van der Waals surface area contributed by atoms with Crippen LogP contribution in [0.5, 0.6) is 0 Å². The molecule has 0 aromatic heterocycles. The van der Waals surface area contributed by atoms with Gasteiger partial charge in [-0.25, -0.2) is 14.4 Å². The number of carbonyl (C=O) groups is 3. The monoisotopic (exact) mass is 423 g/mol. The predicted octanol–water partition coefficient (Wildman–Crippen LogP) is 2.13. The van der Waals surface area contributed by atoms with E-state index in [1.165, 1.54) is 6.07 Å². The SMILES string of the molecule is NC(=O)OCCNC(=O)Nc1c(Br)cc(Br)cc1C(=O)O. The second-order valence-electron chi connectivity index (χ2n) is 3.66. The van der Waals surface area contributed by atoms with Crippen molar-refractivity contribution >= 4 is 55.6 Å². The summed E-state index contributed by atoms with van der Waals surface area (Å²) in [5, 5.41) is 13.9. The fraction of sp³-hybridized carbons (Fsp3) is 0.182. The van der Waals surface area contributed by atoms with E-state index in [9.17, 15) is 14.4 Å². The Kier molecular flexibility index (Phi) is 6.43. The zero-order chi connectivity index (χ0) is 16.0. The lowest BCUT2D eigenvalue weighted by atomic mass is 10.2. The Hall–Kier alpha value is -1.81. The molecule has 0 aliphatic carbocycles. The number of halogens is 2. The Morgan fingerprint density at radius 3 is 2.52 bits per heavy atom. The second kappa shape index (κ2) is 7.84. The number of hydrogen-bond donors (Lipinski definition) is 4. The number of carboxylic acid groups (broad SMARTS) is 1. The van der Waals surface area contributed by atoms with Crippen molar-refractivity contribution in [3.05, 3.63) is 26.6 Å². The molecule has 0 atom stereocenters. The van der Waals surface area contributed by atoms with E-state index < -0.39 is 18.1 Å². The van der Waals surface area contributed by atoms with E-state index >= 15 is 0 Å². The summed E-state index contributed by atoms with van der Waals surface area (Å²) < 4.78 is 5.38. The average Bonchev–Trinajstić information content (AvgIpc) is 2.37. The summed E-state index contributed by atoms with van der Waals surface area (Å²) in [4.78, 5) is 33.1. The summed E-state index contributed by atoms with van der Waals surface area (Å²) in [6.45, 7) is -0.0542. The van der Waals surface area contributed by atoms with Crippen molar-refractivity contribution < 1.29 is 24.2 Å². The van der Waals surface area contributed by atoms with Gasteiger partial charge in [-0.15, -0.1) is 0 Å². The van der Waals surface area contributed by atoms with Crippen LogP contribution in [0.15, 0.2) is 21.1 Å². The number of benzene rings is 1. The molecule has 5 N–H and O–H groups in total. The van der Waals surface area contributed by atoms with Crippen LogP contribution in [0.25, 0.3) is 0 Å². The van der Waals surface area contributed by atoms with Crippen LogP contribution < -0.4 is 16.4 Å². The van der Waals surface area contributed by atoms with Crippen molar-refractivity contribution in [1.82, 2.24) is 5.32 Å². The van der Waals surface area contributed by atoms with Gasteiger partial charge in [-0.3, -0.25) is 0 Å². The number of rotatable bonds is 5. The van der Waals surface area contributed by atoms with Crippen LogP contribution in [0.2, 0.25) is 0 Å². The molecule has 1 aromatic carbocycles. The third-order valence-corrected chi connectivity index (χ3v) is 3.24. The van der Waals surface area contributed by atoms with E-state index in [2.05, 4.69) is 47.2 Å². The lowest BCUT2D eigenvalue weighted by Crippen LogP contribution is -2.33. The first kappa shape index (κ1) is 17.2. The van der Waals surface area contributed by atoms with Gasteiger partial charge in [-0.1, -0.05) is 15.9 Å². The van der Waals surface area contributed by atoms with E-state index in [0.29, 0.717) is 8.95 Å². The maximum Gasteiger partial charge on any atom is 0.404 e. The lowest BCUT2D eigenvalue weighted by molar-refractivity contribution is 0.0697. The molecule has 0 saturated heterocycles. The molecule has 0 heterocycles. The highest BCUT2D eigenvalue weighted by molar-refractivity contribution is 9.11. The fourth-order valence-electron chi connectivity index (χ4n) is 1.34. The molecule has 0 aliphatic heterocycles. The summed E-state index contributed by atoms with van der Waals surface area (Å²) in [5.74, 6) is -1.19. The minimum Gasteiger partial charge on any atom is -0.478 e. The smallest absolute Gasteiger partial charge is 0.404 e. The minimum absolute atomic E-state index is 0.0331. The number of amides is 3. The quantitative estimate of drug-likeness (QED) is 0.537. The molecule has 10 heteroatoms. The summed E-state index contributed by atoms with van der Waals surface area (Å²) in [6.07, 6.45) is -0.943. The topological polar surface area (TPSA) is 131 Å². The number of nitrogens with two attached hydrogens (primary N) is 1. The molecular formula is C11H11Br2N3O5. The molecular weight excluding hydrogens is 414 g/mol. The Labute approximate surface area is 136 Å². The zero-order valence-corrected chi connectivity index (χ0v) is 13.7. The number of ether oxygens (including phenoxy) is 1. The lowest BCUT2D eigenvalue weighted by Gasteiger charge is -2.12. The third kappa shape index (κ3) is 5.60. The van der Waals surface area contributed by atoms with E-state index in [0.717, 1.165) is 0 Å². The van der Waals surface area contributed by atoms with Gasteiger partial charge in [0.05, 0.1) is 17.8 Å². The molecule has 1 aromatic rings. The molecule has 0 bridgehead atoms. The number of primary amides is 1. The van der Waals surface area contributed by atoms with Crippen LogP contribution in [0.4, 0.5) is 15.3 Å². The minimum atomic E-state index is -1.19. The first-order valence-corrected chi connectivity index (χ1v) is 7.09. The van der Waals surface area contributed by atoms with Crippen molar-refractivity contribution in [1.29, 1.82) is 0 Å². The molecule has 3 amide bonds. The van der Waals surface area contributed by atoms with Crippen LogP contribution in [0.1, 0.15) is 10.4 Å². The number of hydrogen-bond acceptors (Lipinski definition) is 4. The van der Waals surface area contributed by atoms with Crippen LogP contribution in [0, 0.1) is 0 Å². The Morgan fingerprint density at radius 1 is 1.29 bits per heavy atom.